The molecular formula is C16H10FN3S. The molecule has 0 atom stereocenters. The van der Waals surface area contributed by atoms with Crippen LogP contribution in [0.5, 0.6) is 0 Å². The number of hydrogen-bond donors (Lipinski definition) is 0. The number of nitrogens with zero attached hydrogens (tertiary/aromatic N) is 3. The Bertz CT molecular complexity index is 895. The summed E-state index contributed by atoms with van der Waals surface area (Å²) in [6, 6.07) is 14.3. The van der Waals surface area contributed by atoms with Gasteiger partial charge in [0.05, 0.1) is 16.8 Å². The third kappa shape index (κ3) is 2.21. The highest BCUT2D eigenvalue weighted by atomic mass is 32.1. The van der Waals surface area contributed by atoms with Gasteiger partial charge in [-0.05, 0) is 47.8 Å². The summed E-state index contributed by atoms with van der Waals surface area (Å²) >= 11 is 1.65. The Hall–Kier alpha value is -2.53. The van der Waals surface area contributed by atoms with Crippen molar-refractivity contribution >= 4 is 17.0 Å². The largest absolute Gasteiger partial charge is 0.227 e. The van der Waals surface area contributed by atoms with Gasteiger partial charge in [0.1, 0.15) is 11.5 Å². The second-order valence-electron chi connectivity index (χ2n) is 4.63. The van der Waals surface area contributed by atoms with Crippen molar-refractivity contribution in [3.05, 3.63) is 65.9 Å². The summed E-state index contributed by atoms with van der Waals surface area (Å²) < 4.78 is 14.7. The van der Waals surface area contributed by atoms with E-state index in [1.54, 1.807) is 28.0 Å². The number of benzene rings is 1. The third-order valence-corrected chi connectivity index (χ3v) is 4.13. The average molecular weight is 295 g/mol. The van der Waals surface area contributed by atoms with Crippen molar-refractivity contribution in [2.24, 2.45) is 0 Å². The fraction of sp³-hybridized carbons (Fsp3) is 0. The minimum absolute atomic E-state index is 0.249. The van der Waals surface area contributed by atoms with Crippen LogP contribution in [0.4, 0.5) is 4.39 Å². The summed E-state index contributed by atoms with van der Waals surface area (Å²) in [7, 11) is 0. The van der Waals surface area contributed by atoms with Crippen LogP contribution in [0.2, 0.25) is 0 Å². The van der Waals surface area contributed by atoms with Crippen LogP contribution in [-0.2, 0) is 0 Å². The lowest BCUT2D eigenvalue weighted by atomic mass is 10.2. The van der Waals surface area contributed by atoms with Gasteiger partial charge in [-0.25, -0.2) is 13.9 Å². The van der Waals surface area contributed by atoms with Crippen molar-refractivity contribution in [3.8, 4) is 21.8 Å². The van der Waals surface area contributed by atoms with Gasteiger partial charge in [0.15, 0.2) is 5.65 Å². The van der Waals surface area contributed by atoms with Gasteiger partial charge < -0.3 is 0 Å². The van der Waals surface area contributed by atoms with Crippen molar-refractivity contribution in [1.29, 1.82) is 0 Å². The Kier molecular flexibility index (Phi) is 2.79. The lowest BCUT2D eigenvalue weighted by Gasteiger charge is -1.97. The second-order valence-corrected chi connectivity index (χ2v) is 5.58. The van der Waals surface area contributed by atoms with Gasteiger partial charge in [0.2, 0.25) is 0 Å². The number of hydrogen-bond acceptors (Lipinski definition) is 3. The Morgan fingerprint density at radius 2 is 1.81 bits per heavy atom. The summed E-state index contributed by atoms with van der Waals surface area (Å²) in [6.07, 6.45) is 1.86. The highest BCUT2D eigenvalue weighted by Gasteiger charge is 2.07. The molecule has 0 radical (unpaired) electrons. The van der Waals surface area contributed by atoms with Gasteiger partial charge in [-0.15, -0.1) is 11.3 Å². The molecule has 0 N–H and O–H groups in total. The molecule has 4 aromatic rings. The molecule has 0 aliphatic carbocycles. The first kappa shape index (κ1) is 12.2. The van der Waals surface area contributed by atoms with E-state index in [9.17, 15) is 4.39 Å². The van der Waals surface area contributed by atoms with Crippen LogP contribution in [-0.4, -0.2) is 14.6 Å². The van der Waals surface area contributed by atoms with E-state index in [4.69, 9.17) is 0 Å². The molecule has 0 aliphatic rings. The van der Waals surface area contributed by atoms with Gasteiger partial charge in [0, 0.05) is 5.56 Å². The maximum Gasteiger partial charge on any atom is 0.154 e. The Balaban J connectivity index is 1.81. The average Bonchev–Trinajstić information content (AvgIpc) is 3.16. The maximum absolute atomic E-state index is 13.0. The maximum atomic E-state index is 13.0. The first-order valence-corrected chi connectivity index (χ1v) is 7.34. The predicted molar refractivity (Wildman–Crippen MR) is 81.7 cm³/mol. The van der Waals surface area contributed by atoms with Crippen LogP contribution < -0.4 is 0 Å². The van der Waals surface area contributed by atoms with E-state index in [2.05, 4.69) is 10.1 Å². The van der Waals surface area contributed by atoms with Crippen molar-refractivity contribution in [3.63, 3.8) is 0 Å². The molecule has 0 spiro atoms. The van der Waals surface area contributed by atoms with Crippen molar-refractivity contribution < 1.29 is 4.39 Å². The van der Waals surface area contributed by atoms with E-state index in [0.29, 0.717) is 0 Å². The minimum Gasteiger partial charge on any atom is -0.227 e. The van der Waals surface area contributed by atoms with Crippen LogP contribution in [0.3, 0.4) is 0 Å². The van der Waals surface area contributed by atoms with Gasteiger partial charge in [-0.3, -0.25) is 0 Å². The molecule has 0 unspecified atom stereocenters. The number of halogens is 1. The zero-order chi connectivity index (χ0) is 14.2. The molecule has 0 amide bonds. The second kappa shape index (κ2) is 4.79. The Morgan fingerprint density at radius 1 is 0.952 bits per heavy atom. The lowest BCUT2D eigenvalue weighted by Crippen LogP contribution is -1.91. The summed E-state index contributed by atoms with van der Waals surface area (Å²) in [5.74, 6) is -0.249. The number of fused-ring (bicyclic) bond motifs is 1. The molecule has 0 bridgehead atoms. The summed E-state index contributed by atoms with van der Waals surface area (Å²) in [5, 5.41) is 6.60. The molecule has 3 aromatic heterocycles. The zero-order valence-electron chi connectivity index (χ0n) is 10.9. The van der Waals surface area contributed by atoms with Crippen molar-refractivity contribution in [2.75, 3.05) is 0 Å². The summed E-state index contributed by atoms with van der Waals surface area (Å²) in [4.78, 5) is 5.64. The van der Waals surface area contributed by atoms with E-state index >= 15 is 0 Å². The number of rotatable bonds is 2. The monoisotopic (exact) mass is 295 g/mol. The van der Waals surface area contributed by atoms with E-state index in [0.717, 1.165) is 27.5 Å². The van der Waals surface area contributed by atoms with Gasteiger partial charge in [-0.2, -0.15) is 5.10 Å². The van der Waals surface area contributed by atoms with E-state index in [-0.39, 0.29) is 5.82 Å². The fourth-order valence-electron chi connectivity index (χ4n) is 2.20. The number of aromatic nitrogens is 3. The third-order valence-electron chi connectivity index (χ3n) is 3.23. The van der Waals surface area contributed by atoms with Crippen LogP contribution in [0.15, 0.2) is 60.1 Å². The highest BCUT2D eigenvalue weighted by Crippen LogP contribution is 2.24. The van der Waals surface area contributed by atoms with Crippen molar-refractivity contribution in [1.82, 2.24) is 14.6 Å². The molecule has 3 nitrogen and oxygen atoms in total. The first-order valence-electron chi connectivity index (χ1n) is 6.46. The molecule has 0 aliphatic heterocycles. The molecule has 4 rings (SSSR count). The van der Waals surface area contributed by atoms with Gasteiger partial charge in [0.25, 0.3) is 0 Å². The molecule has 1 aromatic carbocycles. The standard InChI is InChI=1S/C16H10FN3S/c17-12-5-3-11(4-6-12)14-10-20-16(18-14)8-7-13(19-20)15-2-1-9-21-15/h1-10H. The quantitative estimate of drug-likeness (QED) is 0.553. The Labute approximate surface area is 124 Å². The SMILES string of the molecule is Fc1ccc(-c2cn3nc(-c4cccs4)ccc3n2)cc1. The van der Waals surface area contributed by atoms with E-state index in [1.165, 1.54) is 12.1 Å². The van der Waals surface area contributed by atoms with Crippen LogP contribution in [0.1, 0.15) is 0 Å². The molecule has 102 valence electrons. The molecular weight excluding hydrogens is 285 g/mol. The molecule has 3 heterocycles. The summed E-state index contributed by atoms with van der Waals surface area (Å²) in [5.41, 5.74) is 3.35. The molecule has 0 saturated heterocycles. The van der Waals surface area contributed by atoms with Gasteiger partial charge in [-0.1, -0.05) is 6.07 Å². The van der Waals surface area contributed by atoms with E-state index < -0.39 is 0 Å². The number of thiophene rings is 1. The molecule has 0 fully saturated rings. The summed E-state index contributed by atoms with van der Waals surface area (Å²) in [6.45, 7) is 0. The lowest BCUT2D eigenvalue weighted by molar-refractivity contribution is 0.628. The zero-order valence-corrected chi connectivity index (χ0v) is 11.7. The van der Waals surface area contributed by atoms with Crippen molar-refractivity contribution in [2.45, 2.75) is 0 Å². The topological polar surface area (TPSA) is 30.2 Å². The predicted octanol–water partition coefficient (Wildman–Crippen LogP) is 4.26. The Morgan fingerprint density at radius 3 is 2.57 bits per heavy atom. The number of imidazole rings is 1. The highest BCUT2D eigenvalue weighted by molar-refractivity contribution is 7.13. The van der Waals surface area contributed by atoms with Crippen LogP contribution in [0.25, 0.3) is 27.5 Å². The van der Waals surface area contributed by atoms with Crippen LogP contribution >= 0.6 is 11.3 Å². The first-order chi connectivity index (χ1) is 10.3. The fourth-order valence-corrected chi connectivity index (χ4v) is 2.89. The molecule has 5 heteroatoms. The van der Waals surface area contributed by atoms with E-state index in [1.807, 2.05) is 35.8 Å². The minimum atomic E-state index is -0.249. The molecule has 21 heavy (non-hydrogen) atoms. The van der Waals surface area contributed by atoms with Crippen LogP contribution in [0, 0.1) is 5.82 Å². The molecule has 0 saturated carbocycles. The smallest absolute Gasteiger partial charge is 0.154 e. The normalized spacial score (nSPS) is 11.1. The van der Waals surface area contributed by atoms with Gasteiger partial charge >= 0.3 is 0 Å².